The summed E-state index contributed by atoms with van der Waals surface area (Å²) in [6, 6.07) is 29.2. The molecule has 1 heterocycles. The molecule has 0 saturated carbocycles. The molecule has 0 radical (unpaired) electrons. The summed E-state index contributed by atoms with van der Waals surface area (Å²) >= 11 is 0. The van der Waals surface area contributed by atoms with Crippen molar-refractivity contribution < 1.29 is 4.79 Å². The van der Waals surface area contributed by atoms with Crippen molar-refractivity contribution in [3.8, 4) is 0 Å². The first-order valence-corrected chi connectivity index (χ1v) is 9.46. The predicted octanol–water partition coefficient (Wildman–Crippen LogP) is 5.64. The van der Waals surface area contributed by atoms with Gasteiger partial charge >= 0.3 is 0 Å². The Morgan fingerprint density at radius 2 is 1.57 bits per heavy atom. The van der Waals surface area contributed by atoms with Crippen LogP contribution in [-0.4, -0.2) is 11.5 Å². The van der Waals surface area contributed by atoms with Crippen molar-refractivity contribution in [2.75, 3.05) is 5.01 Å². The van der Waals surface area contributed by atoms with E-state index in [0.717, 1.165) is 28.9 Å². The van der Waals surface area contributed by atoms with E-state index in [9.17, 15) is 4.79 Å². The van der Waals surface area contributed by atoms with Gasteiger partial charge in [-0.25, -0.2) is 0 Å². The lowest BCUT2D eigenvalue weighted by molar-refractivity contribution is -0.112. The van der Waals surface area contributed by atoms with Gasteiger partial charge in [0.2, 0.25) is 0 Å². The van der Waals surface area contributed by atoms with Crippen LogP contribution in [0, 0.1) is 0 Å². The van der Waals surface area contributed by atoms with Crippen LogP contribution in [0.2, 0.25) is 0 Å². The number of allylic oxidation sites excluding steroid dienone is 1. The van der Waals surface area contributed by atoms with Gasteiger partial charge in [0.1, 0.15) is 0 Å². The van der Waals surface area contributed by atoms with Gasteiger partial charge in [-0.05, 0) is 41.8 Å². The number of carbonyl (C=O) groups is 1. The number of hydrogen-bond donors (Lipinski definition) is 0. The van der Waals surface area contributed by atoms with E-state index in [-0.39, 0.29) is 11.8 Å². The lowest BCUT2D eigenvalue weighted by atomic mass is 9.98. The molecule has 3 heteroatoms. The third-order valence-corrected chi connectivity index (χ3v) is 4.87. The first-order chi connectivity index (χ1) is 13.7. The number of rotatable bonds is 5. The van der Waals surface area contributed by atoms with Gasteiger partial charge in [-0.3, -0.25) is 9.80 Å². The predicted molar refractivity (Wildman–Crippen MR) is 115 cm³/mol. The largest absolute Gasteiger partial charge is 0.295 e. The Labute approximate surface area is 165 Å². The molecular weight excluding hydrogens is 344 g/mol. The van der Waals surface area contributed by atoms with Crippen LogP contribution in [0.3, 0.4) is 0 Å². The molecule has 0 spiro atoms. The number of benzene rings is 3. The summed E-state index contributed by atoms with van der Waals surface area (Å²) in [4.78, 5) is 11.2. The number of ketones is 1. The summed E-state index contributed by atoms with van der Waals surface area (Å²) in [6.45, 7) is 1.55. The van der Waals surface area contributed by atoms with Crippen LogP contribution < -0.4 is 5.01 Å². The Kier molecular flexibility index (Phi) is 5.16. The highest BCUT2D eigenvalue weighted by molar-refractivity contribution is 6.03. The molecule has 0 N–H and O–H groups in total. The summed E-state index contributed by atoms with van der Waals surface area (Å²) in [5, 5.41) is 7.08. The highest BCUT2D eigenvalue weighted by Gasteiger charge is 2.29. The zero-order valence-corrected chi connectivity index (χ0v) is 15.8. The Bertz CT molecular complexity index is 1010. The number of hydrazone groups is 1. The van der Waals surface area contributed by atoms with Gasteiger partial charge in [0.25, 0.3) is 0 Å². The van der Waals surface area contributed by atoms with Gasteiger partial charge in [0.05, 0.1) is 17.4 Å². The molecule has 0 bridgehead atoms. The van der Waals surface area contributed by atoms with Crippen LogP contribution in [0.5, 0.6) is 0 Å². The van der Waals surface area contributed by atoms with E-state index in [1.54, 1.807) is 13.0 Å². The molecule has 1 aliphatic rings. The lowest BCUT2D eigenvalue weighted by Gasteiger charge is -2.24. The van der Waals surface area contributed by atoms with Crippen molar-refractivity contribution in [3.63, 3.8) is 0 Å². The van der Waals surface area contributed by atoms with Crippen LogP contribution in [-0.2, 0) is 4.79 Å². The zero-order chi connectivity index (χ0) is 19.3. The van der Waals surface area contributed by atoms with Crippen molar-refractivity contribution >= 4 is 23.3 Å². The monoisotopic (exact) mass is 366 g/mol. The van der Waals surface area contributed by atoms with Gasteiger partial charge in [-0.1, -0.05) is 78.9 Å². The minimum Gasteiger partial charge on any atom is -0.295 e. The molecule has 0 aromatic heterocycles. The fourth-order valence-electron chi connectivity index (χ4n) is 3.44. The standard InChI is InChI=1S/C25H22N2O/c1-19(28)12-13-20-14-16-23(17-15-20)27-25(22-10-6-3-7-11-22)18-24(26-27)21-8-4-2-5-9-21/h2-17,25H,18H2,1H3. The summed E-state index contributed by atoms with van der Waals surface area (Å²) in [5.74, 6) is 0.0462. The topological polar surface area (TPSA) is 32.7 Å². The Morgan fingerprint density at radius 3 is 2.21 bits per heavy atom. The van der Waals surface area contributed by atoms with Gasteiger partial charge in [0.15, 0.2) is 5.78 Å². The van der Waals surface area contributed by atoms with Crippen LogP contribution in [0.15, 0.2) is 96.1 Å². The normalized spacial score (nSPS) is 16.4. The molecule has 0 aliphatic carbocycles. The Balaban J connectivity index is 1.68. The van der Waals surface area contributed by atoms with Crippen molar-refractivity contribution in [1.82, 2.24) is 0 Å². The second kappa shape index (κ2) is 8.05. The fourth-order valence-corrected chi connectivity index (χ4v) is 3.44. The molecule has 0 saturated heterocycles. The molecule has 1 atom stereocenters. The fraction of sp³-hybridized carbons (Fsp3) is 0.120. The number of anilines is 1. The second-order valence-corrected chi connectivity index (χ2v) is 6.92. The second-order valence-electron chi connectivity index (χ2n) is 6.92. The summed E-state index contributed by atoms with van der Waals surface area (Å²) in [5.41, 5.74) is 5.54. The molecule has 1 aliphatic heterocycles. The Morgan fingerprint density at radius 1 is 0.929 bits per heavy atom. The maximum Gasteiger partial charge on any atom is 0.152 e. The Hall–Kier alpha value is -3.46. The van der Waals surface area contributed by atoms with Gasteiger partial charge in [0, 0.05) is 6.42 Å². The number of nitrogens with zero attached hydrogens (tertiary/aromatic N) is 2. The summed E-state index contributed by atoms with van der Waals surface area (Å²) < 4.78 is 0. The van der Waals surface area contributed by atoms with Crippen LogP contribution in [0.1, 0.15) is 36.1 Å². The third kappa shape index (κ3) is 3.94. The van der Waals surface area contributed by atoms with Gasteiger partial charge < -0.3 is 0 Å². The molecule has 0 amide bonds. The maximum atomic E-state index is 11.2. The van der Waals surface area contributed by atoms with E-state index in [4.69, 9.17) is 5.10 Å². The minimum absolute atomic E-state index is 0.0462. The van der Waals surface area contributed by atoms with E-state index in [1.807, 2.05) is 42.5 Å². The van der Waals surface area contributed by atoms with Crippen molar-refractivity contribution in [1.29, 1.82) is 0 Å². The summed E-state index contributed by atoms with van der Waals surface area (Å²) in [7, 11) is 0. The first kappa shape index (κ1) is 17.9. The molecule has 3 nitrogen and oxygen atoms in total. The molecule has 3 aromatic rings. The molecule has 4 rings (SSSR count). The van der Waals surface area contributed by atoms with E-state index < -0.39 is 0 Å². The van der Waals surface area contributed by atoms with Crippen molar-refractivity contribution in [2.45, 2.75) is 19.4 Å². The van der Waals surface area contributed by atoms with Crippen molar-refractivity contribution in [2.24, 2.45) is 5.10 Å². The maximum absolute atomic E-state index is 11.2. The minimum atomic E-state index is 0.0462. The number of carbonyl (C=O) groups excluding carboxylic acids is 1. The van der Waals surface area contributed by atoms with Gasteiger partial charge in [-0.2, -0.15) is 5.10 Å². The molecular formula is C25H22N2O. The van der Waals surface area contributed by atoms with E-state index in [2.05, 4.69) is 53.5 Å². The van der Waals surface area contributed by atoms with Crippen LogP contribution in [0.4, 0.5) is 5.69 Å². The zero-order valence-electron chi connectivity index (χ0n) is 15.8. The smallest absolute Gasteiger partial charge is 0.152 e. The van der Waals surface area contributed by atoms with Gasteiger partial charge in [-0.15, -0.1) is 0 Å². The number of hydrogen-bond acceptors (Lipinski definition) is 3. The quantitative estimate of drug-likeness (QED) is 0.547. The average Bonchev–Trinajstić information content (AvgIpc) is 3.19. The summed E-state index contributed by atoms with van der Waals surface area (Å²) in [6.07, 6.45) is 4.28. The molecule has 28 heavy (non-hydrogen) atoms. The molecule has 0 fully saturated rings. The van der Waals surface area contributed by atoms with Crippen LogP contribution >= 0.6 is 0 Å². The molecule has 138 valence electrons. The van der Waals surface area contributed by atoms with Crippen LogP contribution in [0.25, 0.3) is 6.08 Å². The SMILES string of the molecule is CC(=O)C=Cc1ccc(N2N=C(c3ccccc3)CC2c2ccccc2)cc1. The third-order valence-electron chi connectivity index (χ3n) is 4.87. The highest BCUT2D eigenvalue weighted by atomic mass is 16.1. The highest BCUT2D eigenvalue weighted by Crippen LogP contribution is 2.36. The lowest BCUT2D eigenvalue weighted by Crippen LogP contribution is -2.18. The van der Waals surface area contributed by atoms with E-state index >= 15 is 0 Å². The van der Waals surface area contributed by atoms with E-state index in [0.29, 0.717) is 0 Å². The molecule has 1 unspecified atom stereocenters. The van der Waals surface area contributed by atoms with E-state index in [1.165, 1.54) is 5.56 Å². The van der Waals surface area contributed by atoms with Crippen molar-refractivity contribution in [3.05, 3.63) is 108 Å². The first-order valence-electron chi connectivity index (χ1n) is 9.46. The average molecular weight is 366 g/mol. The molecule has 3 aromatic carbocycles.